The molecule has 4 nitrogen and oxygen atoms in total. The molecular weight excluding hydrogens is 228 g/mol. The third kappa shape index (κ3) is 3.10. The molecule has 0 aromatic carbocycles. The first kappa shape index (κ1) is 13.5. The Labute approximate surface area is 109 Å². The first-order valence-electron chi connectivity index (χ1n) is 6.90. The van der Waals surface area contributed by atoms with Gasteiger partial charge in [0.25, 0.3) is 0 Å². The van der Waals surface area contributed by atoms with Gasteiger partial charge in [0.15, 0.2) is 0 Å². The number of hydrogen-bond acceptors (Lipinski definition) is 3. The Hall–Kier alpha value is -0.900. The van der Waals surface area contributed by atoms with Crippen molar-refractivity contribution >= 4 is 11.7 Å². The van der Waals surface area contributed by atoms with Gasteiger partial charge in [0.1, 0.15) is 5.78 Å². The summed E-state index contributed by atoms with van der Waals surface area (Å²) in [4.78, 5) is 25.4. The zero-order chi connectivity index (χ0) is 13.3. The highest BCUT2D eigenvalue weighted by molar-refractivity contribution is 5.90. The van der Waals surface area contributed by atoms with E-state index >= 15 is 0 Å². The second-order valence-electron chi connectivity index (χ2n) is 6.67. The molecule has 102 valence electrons. The van der Waals surface area contributed by atoms with Crippen molar-refractivity contribution in [3.05, 3.63) is 0 Å². The molecule has 1 atom stereocenters. The number of rotatable bonds is 3. The number of carbonyl (C=O) groups excluding carboxylic acids is 2. The van der Waals surface area contributed by atoms with Crippen molar-refractivity contribution in [2.45, 2.75) is 45.6 Å². The Bertz CT molecular complexity index is 340. The summed E-state index contributed by atoms with van der Waals surface area (Å²) in [5.74, 6) is 0.828. The van der Waals surface area contributed by atoms with E-state index in [0.29, 0.717) is 18.8 Å². The third-order valence-electron chi connectivity index (χ3n) is 4.09. The fourth-order valence-corrected chi connectivity index (χ4v) is 2.67. The zero-order valence-electron chi connectivity index (χ0n) is 11.7. The Morgan fingerprint density at radius 2 is 2.06 bits per heavy atom. The number of amides is 1. The van der Waals surface area contributed by atoms with Gasteiger partial charge in [-0.15, -0.1) is 0 Å². The van der Waals surface area contributed by atoms with Crippen LogP contribution in [-0.2, 0) is 9.59 Å². The molecule has 0 aromatic rings. The number of likely N-dealkylation sites (tertiary alicyclic amines) is 1. The molecule has 1 N–H and O–H groups in total. The normalized spacial score (nSPS) is 26.2. The molecule has 0 unspecified atom stereocenters. The van der Waals surface area contributed by atoms with Gasteiger partial charge in [0, 0.05) is 49.9 Å². The van der Waals surface area contributed by atoms with Crippen LogP contribution < -0.4 is 5.32 Å². The van der Waals surface area contributed by atoms with E-state index in [-0.39, 0.29) is 23.1 Å². The van der Waals surface area contributed by atoms with Crippen molar-refractivity contribution in [2.75, 3.05) is 19.6 Å². The maximum atomic E-state index is 11.8. The van der Waals surface area contributed by atoms with E-state index in [4.69, 9.17) is 0 Å². The van der Waals surface area contributed by atoms with Gasteiger partial charge < -0.3 is 5.32 Å². The topological polar surface area (TPSA) is 49.4 Å². The van der Waals surface area contributed by atoms with E-state index in [1.807, 2.05) is 0 Å². The minimum absolute atomic E-state index is 0.0590. The lowest BCUT2D eigenvalue weighted by Gasteiger charge is -2.47. The maximum absolute atomic E-state index is 11.8. The van der Waals surface area contributed by atoms with E-state index in [1.54, 1.807) is 0 Å². The second kappa shape index (κ2) is 5.00. The van der Waals surface area contributed by atoms with Gasteiger partial charge in [-0.05, 0) is 27.2 Å². The SMILES string of the molecule is CC(C)(C)N1CC(CNC(=O)[C@@H]2CCC(=O)C2)C1. The minimum Gasteiger partial charge on any atom is -0.355 e. The summed E-state index contributed by atoms with van der Waals surface area (Å²) in [6, 6.07) is 0. The van der Waals surface area contributed by atoms with Crippen LogP contribution in [0.1, 0.15) is 40.0 Å². The van der Waals surface area contributed by atoms with Crippen molar-refractivity contribution in [3.8, 4) is 0 Å². The van der Waals surface area contributed by atoms with Gasteiger partial charge in [-0.2, -0.15) is 0 Å². The standard InChI is InChI=1S/C14H24N2O2/c1-14(2,3)16-8-10(9-16)7-15-13(18)11-4-5-12(17)6-11/h10-11H,4-9H2,1-3H3,(H,15,18)/t11-/m1/s1. The minimum atomic E-state index is -0.0590. The van der Waals surface area contributed by atoms with Crippen molar-refractivity contribution in [1.29, 1.82) is 0 Å². The van der Waals surface area contributed by atoms with Crippen LogP contribution in [0.5, 0.6) is 0 Å². The molecule has 0 spiro atoms. The average molecular weight is 252 g/mol. The number of nitrogens with one attached hydrogen (secondary N) is 1. The largest absolute Gasteiger partial charge is 0.355 e. The molecule has 1 saturated heterocycles. The smallest absolute Gasteiger partial charge is 0.223 e. The molecule has 2 rings (SSSR count). The van der Waals surface area contributed by atoms with Crippen LogP contribution in [0, 0.1) is 11.8 Å². The Balaban J connectivity index is 1.65. The highest BCUT2D eigenvalue weighted by atomic mass is 16.2. The summed E-state index contributed by atoms with van der Waals surface area (Å²) >= 11 is 0. The lowest BCUT2D eigenvalue weighted by Crippen LogP contribution is -2.58. The van der Waals surface area contributed by atoms with Crippen LogP contribution in [-0.4, -0.2) is 41.8 Å². The van der Waals surface area contributed by atoms with Crippen LogP contribution in [0.4, 0.5) is 0 Å². The molecule has 18 heavy (non-hydrogen) atoms. The molecule has 4 heteroatoms. The fourth-order valence-electron chi connectivity index (χ4n) is 2.67. The highest BCUT2D eigenvalue weighted by Crippen LogP contribution is 2.25. The maximum Gasteiger partial charge on any atom is 0.223 e. The number of hydrogen-bond donors (Lipinski definition) is 1. The van der Waals surface area contributed by atoms with E-state index in [0.717, 1.165) is 26.1 Å². The molecule has 1 amide bonds. The van der Waals surface area contributed by atoms with Crippen LogP contribution in [0.3, 0.4) is 0 Å². The highest BCUT2D eigenvalue weighted by Gasteiger charge is 2.35. The lowest BCUT2D eigenvalue weighted by atomic mass is 9.92. The molecule has 1 saturated carbocycles. The summed E-state index contributed by atoms with van der Waals surface area (Å²) in [6.07, 6.45) is 1.77. The van der Waals surface area contributed by atoms with Gasteiger partial charge >= 0.3 is 0 Å². The number of carbonyl (C=O) groups is 2. The molecule has 0 bridgehead atoms. The lowest BCUT2D eigenvalue weighted by molar-refractivity contribution is -0.127. The molecule has 1 aliphatic heterocycles. The summed E-state index contributed by atoms with van der Waals surface area (Å²) in [5, 5.41) is 3.00. The van der Waals surface area contributed by atoms with Crippen molar-refractivity contribution in [2.24, 2.45) is 11.8 Å². The van der Waals surface area contributed by atoms with E-state index in [1.165, 1.54) is 0 Å². The summed E-state index contributed by atoms with van der Waals surface area (Å²) in [6.45, 7) is 9.53. The monoisotopic (exact) mass is 252 g/mol. The van der Waals surface area contributed by atoms with Crippen molar-refractivity contribution in [3.63, 3.8) is 0 Å². The van der Waals surface area contributed by atoms with Crippen molar-refractivity contribution in [1.82, 2.24) is 10.2 Å². The van der Waals surface area contributed by atoms with Gasteiger partial charge in [0.2, 0.25) is 5.91 Å². The molecule has 1 aliphatic carbocycles. The number of Topliss-reactive ketones (excluding diaryl/α,β-unsaturated/α-hetero) is 1. The van der Waals surface area contributed by atoms with Crippen molar-refractivity contribution < 1.29 is 9.59 Å². The predicted octanol–water partition coefficient (Wildman–Crippen LogP) is 1.20. The third-order valence-corrected chi connectivity index (χ3v) is 4.09. The van der Waals surface area contributed by atoms with Crippen LogP contribution in [0.2, 0.25) is 0 Å². The molecule has 1 heterocycles. The molecule has 2 fully saturated rings. The first-order valence-corrected chi connectivity index (χ1v) is 6.90. The van der Waals surface area contributed by atoms with E-state index < -0.39 is 0 Å². The predicted molar refractivity (Wildman–Crippen MR) is 70.2 cm³/mol. The van der Waals surface area contributed by atoms with Crippen LogP contribution >= 0.6 is 0 Å². The van der Waals surface area contributed by atoms with Gasteiger partial charge in [-0.1, -0.05) is 0 Å². The second-order valence-corrected chi connectivity index (χ2v) is 6.67. The number of nitrogens with zero attached hydrogens (tertiary/aromatic N) is 1. The first-order chi connectivity index (χ1) is 8.36. The molecule has 0 radical (unpaired) electrons. The summed E-state index contributed by atoms with van der Waals surface area (Å²) in [7, 11) is 0. The van der Waals surface area contributed by atoms with Crippen LogP contribution in [0.25, 0.3) is 0 Å². The van der Waals surface area contributed by atoms with E-state index in [2.05, 4.69) is 31.0 Å². The van der Waals surface area contributed by atoms with Crippen LogP contribution in [0.15, 0.2) is 0 Å². The Kier molecular flexibility index (Phi) is 3.76. The van der Waals surface area contributed by atoms with Gasteiger partial charge in [-0.3, -0.25) is 14.5 Å². The zero-order valence-corrected chi connectivity index (χ0v) is 11.7. The quantitative estimate of drug-likeness (QED) is 0.821. The Morgan fingerprint density at radius 3 is 2.56 bits per heavy atom. The van der Waals surface area contributed by atoms with Gasteiger partial charge in [-0.25, -0.2) is 0 Å². The Morgan fingerprint density at radius 1 is 1.39 bits per heavy atom. The fraction of sp³-hybridized carbons (Fsp3) is 0.857. The molecule has 2 aliphatic rings. The molecular formula is C14H24N2O2. The number of ketones is 1. The molecule has 0 aromatic heterocycles. The average Bonchev–Trinajstić information content (AvgIpc) is 2.60. The summed E-state index contributed by atoms with van der Waals surface area (Å²) < 4.78 is 0. The van der Waals surface area contributed by atoms with Gasteiger partial charge in [0.05, 0.1) is 0 Å². The van der Waals surface area contributed by atoms with E-state index in [9.17, 15) is 9.59 Å². The summed E-state index contributed by atoms with van der Waals surface area (Å²) in [5.41, 5.74) is 0.235.